The summed E-state index contributed by atoms with van der Waals surface area (Å²) in [5.74, 6) is -2.85. The second kappa shape index (κ2) is 27.3. The van der Waals surface area contributed by atoms with Crippen molar-refractivity contribution in [1.29, 1.82) is 0 Å². The topological polar surface area (TPSA) is 251 Å². The minimum atomic E-state index is -0.879. The van der Waals surface area contributed by atoms with Gasteiger partial charge in [-0.2, -0.15) is 0 Å². The SMILES string of the molecule is CC(=O)Oc1cc2c(c3ccccc13)C(CCl)CN2C(=O)c1ccc(C(=O)N2CCc3c2cc(OC(=O)N(C)CCN(C)C(=O)OCc2ccc(NC(=O)CNC(=O)C(NC(=O)CCCCCN4C(=O)C=CC4=O)C(C)C)cc2)c2ccccc32)s1. The number of amides is 9. The number of carbonyl (C=O) groups is 10. The molecule has 3 N–H and O–H groups in total. The molecular weight excluding hydrogens is 1140 g/mol. The van der Waals surface area contributed by atoms with Crippen LogP contribution in [-0.2, 0) is 46.5 Å². The molecule has 6 aromatic rings. The number of imide groups is 1. The third-order valence-corrected chi connectivity index (χ3v) is 16.6. The molecule has 21 nitrogen and oxygen atoms in total. The Morgan fingerprint density at radius 2 is 1.31 bits per heavy atom. The van der Waals surface area contributed by atoms with Gasteiger partial charge in [0.15, 0.2) is 0 Å². The minimum Gasteiger partial charge on any atom is -0.445 e. The first-order valence-electron chi connectivity index (χ1n) is 28.2. The molecule has 0 aliphatic carbocycles. The van der Waals surface area contributed by atoms with E-state index in [9.17, 15) is 47.9 Å². The molecule has 3 aliphatic rings. The Morgan fingerprint density at radius 3 is 1.97 bits per heavy atom. The smallest absolute Gasteiger partial charge is 0.415 e. The zero-order chi connectivity index (χ0) is 61.3. The number of esters is 1. The lowest BCUT2D eigenvalue weighted by atomic mass is 9.95. The van der Waals surface area contributed by atoms with E-state index >= 15 is 0 Å². The molecule has 2 atom stereocenters. The molecule has 1 aromatic heterocycles. The van der Waals surface area contributed by atoms with Crippen molar-refractivity contribution in [3.05, 3.63) is 136 Å². The van der Waals surface area contributed by atoms with E-state index in [0.717, 1.165) is 43.5 Å². The number of alkyl halides is 1. The molecule has 0 spiro atoms. The zero-order valence-electron chi connectivity index (χ0n) is 48.1. The lowest BCUT2D eigenvalue weighted by molar-refractivity contribution is -0.137. The molecule has 0 saturated carbocycles. The highest BCUT2D eigenvalue weighted by Gasteiger charge is 2.37. The van der Waals surface area contributed by atoms with Crippen LogP contribution in [0, 0.1) is 5.92 Å². The number of hydrogen-bond acceptors (Lipinski definition) is 14. The average Bonchev–Trinajstić information content (AvgIpc) is 1.86. The van der Waals surface area contributed by atoms with Crippen molar-refractivity contribution in [3.63, 3.8) is 0 Å². The van der Waals surface area contributed by atoms with Gasteiger partial charge in [0.05, 0.1) is 27.7 Å². The van der Waals surface area contributed by atoms with Gasteiger partial charge < -0.3 is 49.8 Å². The van der Waals surface area contributed by atoms with Crippen molar-refractivity contribution in [3.8, 4) is 11.5 Å². The number of likely N-dealkylation sites (N-methyl/N-ethyl adjacent to an activating group) is 2. The van der Waals surface area contributed by atoms with Crippen molar-refractivity contribution in [1.82, 2.24) is 25.3 Å². The van der Waals surface area contributed by atoms with Crippen molar-refractivity contribution in [2.24, 2.45) is 5.92 Å². The largest absolute Gasteiger partial charge is 0.445 e. The number of rotatable bonds is 22. The molecule has 448 valence electrons. The average molecular weight is 1210 g/mol. The number of hydrogen-bond donors (Lipinski definition) is 3. The molecule has 0 bridgehead atoms. The van der Waals surface area contributed by atoms with Crippen LogP contribution >= 0.6 is 22.9 Å². The van der Waals surface area contributed by atoms with E-state index in [1.165, 1.54) is 43.0 Å². The fourth-order valence-electron chi connectivity index (χ4n) is 10.6. The van der Waals surface area contributed by atoms with E-state index in [1.54, 1.807) is 72.2 Å². The first-order valence-corrected chi connectivity index (χ1v) is 29.5. The summed E-state index contributed by atoms with van der Waals surface area (Å²) in [6.07, 6.45) is 3.43. The molecule has 4 heterocycles. The van der Waals surface area contributed by atoms with Gasteiger partial charge in [-0.1, -0.05) is 80.9 Å². The Morgan fingerprint density at radius 1 is 0.709 bits per heavy atom. The third kappa shape index (κ3) is 14.0. The Kier molecular flexibility index (Phi) is 19.5. The number of thiophene rings is 1. The number of nitrogens with zero attached hydrogens (tertiary/aromatic N) is 5. The molecular formula is C63H65ClN8O13S. The first-order chi connectivity index (χ1) is 41.3. The zero-order valence-corrected chi connectivity index (χ0v) is 49.7. The van der Waals surface area contributed by atoms with Crippen LogP contribution < -0.4 is 35.2 Å². The molecule has 0 saturated heterocycles. The maximum absolute atomic E-state index is 14.4. The molecule has 86 heavy (non-hydrogen) atoms. The summed E-state index contributed by atoms with van der Waals surface area (Å²) in [5, 5.41) is 11.1. The monoisotopic (exact) mass is 1210 g/mol. The molecule has 0 radical (unpaired) electrons. The number of halogens is 1. The molecule has 9 rings (SSSR count). The highest BCUT2D eigenvalue weighted by atomic mass is 35.5. The summed E-state index contributed by atoms with van der Waals surface area (Å²) in [5.41, 5.74) is 4.00. The fraction of sp³-hybridized carbons (Fsp3) is 0.333. The van der Waals surface area contributed by atoms with Crippen LogP contribution in [0.1, 0.15) is 88.4 Å². The number of carbonyl (C=O) groups excluding carboxylic acids is 10. The maximum atomic E-state index is 14.4. The predicted octanol–water partition coefficient (Wildman–Crippen LogP) is 8.55. The predicted molar refractivity (Wildman–Crippen MR) is 325 cm³/mol. The Balaban J connectivity index is 0.732. The van der Waals surface area contributed by atoms with Crippen LogP contribution in [0.15, 0.2) is 109 Å². The van der Waals surface area contributed by atoms with Crippen molar-refractivity contribution in [2.45, 2.75) is 71.4 Å². The van der Waals surface area contributed by atoms with E-state index in [-0.39, 0.29) is 92.2 Å². The van der Waals surface area contributed by atoms with E-state index in [0.29, 0.717) is 82.3 Å². The van der Waals surface area contributed by atoms with E-state index in [1.807, 2.05) is 48.5 Å². The van der Waals surface area contributed by atoms with Crippen LogP contribution in [0.2, 0.25) is 0 Å². The molecule has 9 amide bonds. The van der Waals surface area contributed by atoms with Gasteiger partial charge in [-0.25, -0.2) is 9.59 Å². The van der Waals surface area contributed by atoms with Crippen molar-refractivity contribution < 1.29 is 62.2 Å². The number of benzene rings is 5. The minimum absolute atomic E-state index is 0.0765. The summed E-state index contributed by atoms with van der Waals surface area (Å²) in [4.78, 5) is 137. The van der Waals surface area contributed by atoms with Crippen LogP contribution in [0.4, 0.5) is 26.7 Å². The summed E-state index contributed by atoms with van der Waals surface area (Å²) in [6, 6.07) is 27.3. The molecule has 5 aromatic carbocycles. The Labute approximate surface area is 505 Å². The number of fused-ring (bicyclic) bond motifs is 6. The van der Waals surface area contributed by atoms with Crippen molar-refractivity contribution in [2.75, 3.05) is 74.4 Å². The van der Waals surface area contributed by atoms with E-state index in [4.69, 9.17) is 25.8 Å². The quantitative estimate of drug-likeness (QED) is 0.0190. The normalized spacial score (nSPS) is 14.5. The molecule has 2 unspecified atom stereocenters. The van der Waals surface area contributed by atoms with Gasteiger partial charge in [-0.15, -0.1) is 22.9 Å². The van der Waals surface area contributed by atoms with Crippen LogP contribution in [-0.4, -0.2) is 139 Å². The van der Waals surface area contributed by atoms with Crippen LogP contribution in [0.3, 0.4) is 0 Å². The fourth-order valence-corrected chi connectivity index (χ4v) is 11.7. The molecule has 0 fully saturated rings. The lowest BCUT2D eigenvalue weighted by Gasteiger charge is -2.23. The standard InChI is InChI=1S/C63H65ClN8O13S/c1-37(2)58(67-53(74)17-7-6-12-27-71-55(76)24-25-56(71)77)59(78)65-34-54(75)66-41-20-18-39(19-21-41)36-83-62(81)68(4)29-30-69(5)63(82)85-50-31-47-43(42-13-8-9-14-44(42)50)26-28-70(47)60(79)51-22-23-52(86-51)61(80)72-35-40(33-64)57-46-16-11-10-15-45(46)49(32-48(57)72)84-38(3)73/h8-11,13-16,18-25,31-32,37,40,58H,6-7,12,17,26-30,33-36H2,1-5H3,(H,65,78)(H,66,75)(H,67,74). The molecule has 3 aliphatic heterocycles. The third-order valence-electron chi connectivity index (χ3n) is 15.1. The second-order valence-electron chi connectivity index (χ2n) is 21.5. The van der Waals surface area contributed by atoms with Gasteiger partial charge in [0.1, 0.15) is 24.1 Å². The van der Waals surface area contributed by atoms with E-state index < -0.39 is 36.0 Å². The van der Waals surface area contributed by atoms with Gasteiger partial charge in [-0.3, -0.25) is 43.3 Å². The number of anilines is 3. The summed E-state index contributed by atoms with van der Waals surface area (Å²) < 4.78 is 17.1. The lowest BCUT2D eigenvalue weighted by Crippen LogP contribution is -2.51. The summed E-state index contributed by atoms with van der Waals surface area (Å²) in [6.45, 7) is 5.50. The first kappa shape index (κ1) is 61.4. The number of unbranched alkanes of at least 4 members (excludes halogenated alkanes) is 2. The van der Waals surface area contributed by atoms with E-state index in [2.05, 4.69) is 16.0 Å². The maximum Gasteiger partial charge on any atom is 0.415 e. The van der Waals surface area contributed by atoms with Gasteiger partial charge in [0, 0.05) is 113 Å². The molecule has 23 heteroatoms. The van der Waals surface area contributed by atoms with Crippen LogP contribution in [0.5, 0.6) is 11.5 Å². The Hall–Kier alpha value is -9.15. The summed E-state index contributed by atoms with van der Waals surface area (Å²) in [7, 11) is 3.07. The highest BCUT2D eigenvalue weighted by Crippen LogP contribution is 2.47. The number of nitrogens with one attached hydrogen (secondary N) is 3. The Bertz CT molecular complexity index is 3680. The van der Waals surface area contributed by atoms with Crippen molar-refractivity contribution >= 4 is 121 Å². The van der Waals surface area contributed by atoms with Crippen LogP contribution in [0.25, 0.3) is 21.5 Å². The highest BCUT2D eigenvalue weighted by molar-refractivity contribution is 7.16. The van der Waals surface area contributed by atoms with Gasteiger partial charge >= 0.3 is 18.2 Å². The van der Waals surface area contributed by atoms with Gasteiger partial charge in [0.2, 0.25) is 17.7 Å². The second-order valence-corrected chi connectivity index (χ2v) is 22.9. The number of ether oxygens (including phenoxy) is 3. The van der Waals surface area contributed by atoms with Gasteiger partial charge in [-0.05, 0) is 76.9 Å². The summed E-state index contributed by atoms with van der Waals surface area (Å²) >= 11 is 7.57. The van der Waals surface area contributed by atoms with Gasteiger partial charge in [0.25, 0.3) is 23.6 Å².